The van der Waals surface area contributed by atoms with Gasteiger partial charge in [-0.1, -0.05) is 35.9 Å². The maximum absolute atomic E-state index is 13.7. The van der Waals surface area contributed by atoms with Crippen molar-refractivity contribution in [2.24, 2.45) is 0 Å². The molecule has 112 valence electrons. The molecule has 2 aromatic rings. The molecule has 1 aliphatic heterocycles. The van der Waals surface area contributed by atoms with E-state index in [0.29, 0.717) is 11.3 Å². The third-order valence-corrected chi connectivity index (χ3v) is 3.93. The van der Waals surface area contributed by atoms with E-state index in [-0.39, 0.29) is 18.0 Å². The molecular formula is C19H17FO2. The van der Waals surface area contributed by atoms with E-state index in [4.69, 9.17) is 4.74 Å². The third kappa shape index (κ3) is 2.67. The quantitative estimate of drug-likeness (QED) is 0.852. The SMILES string of the molecule is Cc1ccc2c(c1)C=CC(C)(C(=O)Cc1ccccc1F)O2. The fourth-order valence-electron chi connectivity index (χ4n) is 2.54. The van der Waals surface area contributed by atoms with E-state index in [9.17, 15) is 9.18 Å². The van der Waals surface area contributed by atoms with Crippen LogP contribution in [0.2, 0.25) is 0 Å². The Kier molecular flexibility index (Phi) is 3.57. The average Bonchev–Trinajstić information content (AvgIpc) is 2.50. The Morgan fingerprint density at radius 2 is 2.00 bits per heavy atom. The molecule has 0 saturated heterocycles. The monoisotopic (exact) mass is 296 g/mol. The molecule has 0 aromatic heterocycles. The summed E-state index contributed by atoms with van der Waals surface area (Å²) in [6, 6.07) is 12.1. The van der Waals surface area contributed by atoms with Gasteiger partial charge >= 0.3 is 0 Å². The van der Waals surface area contributed by atoms with Crippen LogP contribution in [0.1, 0.15) is 23.6 Å². The van der Waals surface area contributed by atoms with E-state index in [1.807, 2.05) is 31.2 Å². The van der Waals surface area contributed by atoms with Gasteiger partial charge in [0, 0.05) is 12.0 Å². The first kappa shape index (κ1) is 14.5. The third-order valence-electron chi connectivity index (χ3n) is 3.93. The summed E-state index contributed by atoms with van der Waals surface area (Å²) in [4.78, 5) is 12.6. The van der Waals surface area contributed by atoms with Gasteiger partial charge in [-0.3, -0.25) is 4.79 Å². The van der Waals surface area contributed by atoms with E-state index in [1.54, 1.807) is 31.2 Å². The summed E-state index contributed by atoms with van der Waals surface area (Å²) in [5.41, 5.74) is 1.41. The highest BCUT2D eigenvalue weighted by Gasteiger charge is 2.35. The van der Waals surface area contributed by atoms with Crippen LogP contribution in [0.25, 0.3) is 6.08 Å². The number of hydrogen-bond acceptors (Lipinski definition) is 2. The van der Waals surface area contributed by atoms with Gasteiger partial charge in [-0.25, -0.2) is 4.39 Å². The van der Waals surface area contributed by atoms with Gasteiger partial charge < -0.3 is 4.74 Å². The zero-order valence-electron chi connectivity index (χ0n) is 12.6. The standard InChI is InChI=1S/C19H17FO2/c1-13-7-8-17-15(11-13)9-10-19(2,22-17)18(21)12-14-5-3-4-6-16(14)20/h3-11H,12H2,1-2H3. The first-order valence-electron chi connectivity index (χ1n) is 7.23. The van der Waals surface area contributed by atoms with Gasteiger partial charge in [0.1, 0.15) is 11.6 Å². The molecule has 1 heterocycles. The Labute approximate surface area is 129 Å². The van der Waals surface area contributed by atoms with Crippen LogP contribution in [-0.2, 0) is 11.2 Å². The van der Waals surface area contributed by atoms with Crippen molar-refractivity contribution in [1.29, 1.82) is 0 Å². The Hall–Kier alpha value is -2.42. The van der Waals surface area contributed by atoms with Crippen molar-refractivity contribution >= 4 is 11.9 Å². The fraction of sp³-hybridized carbons (Fsp3) is 0.211. The molecule has 22 heavy (non-hydrogen) atoms. The lowest BCUT2D eigenvalue weighted by molar-refractivity contribution is -0.129. The lowest BCUT2D eigenvalue weighted by Gasteiger charge is -2.30. The first-order chi connectivity index (χ1) is 10.5. The smallest absolute Gasteiger partial charge is 0.184 e. The molecule has 1 aliphatic rings. The number of halogens is 1. The summed E-state index contributed by atoms with van der Waals surface area (Å²) in [5, 5.41) is 0. The second-order valence-corrected chi connectivity index (χ2v) is 5.78. The number of ether oxygens (including phenoxy) is 1. The molecule has 0 saturated carbocycles. The molecule has 0 bridgehead atoms. The highest BCUT2D eigenvalue weighted by Crippen LogP contribution is 2.32. The number of rotatable bonds is 3. The molecule has 3 rings (SSSR count). The zero-order valence-corrected chi connectivity index (χ0v) is 12.6. The molecule has 1 atom stereocenters. The normalized spacial score (nSPS) is 19.4. The predicted octanol–water partition coefficient (Wildman–Crippen LogP) is 4.11. The van der Waals surface area contributed by atoms with Gasteiger partial charge in [0.2, 0.25) is 0 Å². The van der Waals surface area contributed by atoms with Gasteiger partial charge in [-0.15, -0.1) is 0 Å². The van der Waals surface area contributed by atoms with Crippen molar-refractivity contribution in [3.8, 4) is 5.75 Å². The number of benzene rings is 2. The van der Waals surface area contributed by atoms with Crippen molar-refractivity contribution in [3.05, 3.63) is 71.0 Å². The van der Waals surface area contributed by atoms with Gasteiger partial charge in [-0.2, -0.15) is 0 Å². The van der Waals surface area contributed by atoms with Crippen LogP contribution in [0, 0.1) is 12.7 Å². The van der Waals surface area contributed by atoms with Gasteiger partial charge in [0.05, 0.1) is 0 Å². The molecule has 1 unspecified atom stereocenters. The molecule has 0 amide bonds. The lowest BCUT2D eigenvalue weighted by Crippen LogP contribution is -2.42. The minimum absolute atomic E-state index is 0.00864. The van der Waals surface area contributed by atoms with Crippen LogP contribution in [-0.4, -0.2) is 11.4 Å². The summed E-state index contributed by atoms with van der Waals surface area (Å²) in [6.07, 6.45) is 3.65. The second-order valence-electron chi connectivity index (χ2n) is 5.78. The minimum atomic E-state index is -1.06. The Morgan fingerprint density at radius 1 is 1.23 bits per heavy atom. The van der Waals surface area contributed by atoms with E-state index in [0.717, 1.165) is 11.1 Å². The molecule has 0 N–H and O–H groups in total. The predicted molar refractivity (Wildman–Crippen MR) is 84.4 cm³/mol. The number of Topliss-reactive ketones (excluding diaryl/α,β-unsaturated/α-hetero) is 1. The second kappa shape index (κ2) is 5.41. The molecule has 2 nitrogen and oxygen atoms in total. The van der Waals surface area contributed by atoms with Crippen molar-refractivity contribution in [1.82, 2.24) is 0 Å². The van der Waals surface area contributed by atoms with Crippen LogP contribution in [0.4, 0.5) is 4.39 Å². The zero-order chi connectivity index (χ0) is 15.7. The van der Waals surface area contributed by atoms with E-state index < -0.39 is 5.60 Å². The number of fused-ring (bicyclic) bond motifs is 1. The summed E-state index contributed by atoms with van der Waals surface area (Å²) >= 11 is 0. The van der Waals surface area contributed by atoms with Crippen LogP contribution in [0.3, 0.4) is 0 Å². The van der Waals surface area contributed by atoms with Crippen LogP contribution in [0.5, 0.6) is 5.75 Å². The highest BCUT2D eigenvalue weighted by molar-refractivity contribution is 5.93. The summed E-state index contributed by atoms with van der Waals surface area (Å²) in [7, 11) is 0. The van der Waals surface area contributed by atoms with Crippen LogP contribution in [0.15, 0.2) is 48.5 Å². The fourth-order valence-corrected chi connectivity index (χ4v) is 2.54. The topological polar surface area (TPSA) is 26.3 Å². The van der Waals surface area contributed by atoms with Crippen molar-refractivity contribution in [2.45, 2.75) is 25.9 Å². The molecule has 0 fully saturated rings. The number of aryl methyl sites for hydroxylation is 1. The summed E-state index contributed by atoms with van der Waals surface area (Å²) in [5.74, 6) is 0.146. The molecule has 2 aromatic carbocycles. The molecule has 0 aliphatic carbocycles. The minimum Gasteiger partial charge on any atom is -0.475 e. The first-order valence-corrected chi connectivity index (χ1v) is 7.23. The van der Waals surface area contributed by atoms with E-state index in [2.05, 4.69) is 0 Å². The van der Waals surface area contributed by atoms with Crippen LogP contribution < -0.4 is 4.74 Å². The van der Waals surface area contributed by atoms with Crippen molar-refractivity contribution in [2.75, 3.05) is 0 Å². The van der Waals surface area contributed by atoms with Crippen molar-refractivity contribution in [3.63, 3.8) is 0 Å². The maximum atomic E-state index is 13.7. The Balaban J connectivity index is 1.85. The number of ketones is 1. The van der Waals surface area contributed by atoms with E-state index in [1.165, 1.54) is 6.07 Å². The average molecular weight is 296 g/mol. The molecule has 3 heteroatoms. The molecular weight excluding hydrogens is 279 g/mol. The van der Waals surface area contributed by atoms with Gasteiger partial charge in [0.15, 0.2) is 11.4 Å². The Morgan fingerprint density at radius 3 is 2.77 bits per heavy atom. The Bertz CT molecular complexity index is 764. The summed E-state index contributed by atoms with van der Waals surface area (Å²) < 4.78 is 19.6. The highest BCUT2D eigenvalue weighted by atomic mass is 19.1. The number of carbonyl (C=O) groups is 1. The number of hydrogen-bond donors (Lipinski definition) is 0. The maximum Gasteiger partial charge on any atom is 0.184 e. The van der Waals surface area contributed by atoms with Gasteiger partial charge in [-0.05, 0) is 43.7 Å². The lowest BCUT2D eigenvalue weighted by atomic mass is 9.91. The summed E-state index contributed by atoms with van der Waals surface area (Å²) in [6.45, 7) is 3.72. The van der Waals surface area contributed by atoms with Crippen LogP contribution >= 0.6 is 0 Å². The number of carbonyl (C=O) groups excluding carboxylic acids is 1. The molecule has 0 radical (unpaired) electrons. The van der Waals surface area contributed by atoms with Crippen molar-refractivity contribution < 1.29 is 13.9 Å². The van der Waals surface area contributed by atoms with E-state index >= 15 is 0 Å². The largest absolute Gasteiger partial charge is 0.475 e. The van der Waals surface area contributed by atoms with Gasteiger partial charge in [0.25, 0.3) is 0 Å². The molecule has 0 spiro atoms.